The zero-order chi connectivity index (χ0) is 14.7. The lowest BCUT2D eigenvalue weighted by atomic mass is 10.3. The van der Waals surface area contributed by atoms with Gasteiger partial charge in [-0.15, -0.1) is 0 Å². The van der Waals surface area contributed by atoms with E-state index in [9.17, 15) is 0 Å². The van der Waals surface area contributed by atoms with Crippen LogP contribution in [0.25, 0.3) is 5.69 Å². The zero-order valence-corrected chi connectivity index (χ0v) is 12.3. The number of hydrogen-bond acceptors (Lipinski definition) is 3. The molecule has 0 fully saturated rings. The van der Waals surface area contributed by atoms with Crippen LogP contribution < -0.4 is 5.32 Å². The van der Waals surface area contributed by atoms with Gasteiger partial charge in [0, 0.05) is 32.0 Å². The number of nitrogens with one attached hydrogen (secondary N) is 1. The molecule has 0 atom stereocenters. The molecule has 2 aromatic heterocycles. The maximum Gasteiger partial charge on any atom is 0.110 e. The fourth-order valence-electron chi connectivity index (χ4n) is 2.44. The van der Waals surface area contributed by atoms with Crippen LogP contribution >= 0.6 is 0 Å². The molecule has 3 rings (SSSR count). The Bertz CT molecular complexity index is 711. The Hall–Kier alpha value is -2.40. The molecule has 1 N–H and O–H groups in total. The average Bonchev–Trinajstić information content (AvgIpc) is 3.07. The van der Waals surface area contributed by atoms with Gasteiger partial charge in [0.15, 0.2) is 0 Å². The molecule has 108 valence electrons. The SMILES string of the molecule is Cc1ncc(CNCc2ccnn2C)n1-c1ccccc1. The number of rotatable bonds is 5. The average molecular weight is 281 g/mol. The first-order valence-corrected chi connectivity index (χ1v) is 7.02. The lowest BCUT2D eigenvalue weighted by molar-refractivity contribution is 0.614. The van der Waals surface area contributed by atoms with Crippen molar-refractivity contribution in [1.82, 2.24) is 24.6 Å². The van der Waals surface area contributed by atoms with Crippen molar-refractivity contribution in [3.8, 4) is 5.69 Å². The summed E-state index contributed by atoms with van der Waals surface area (Å²) in [7, 11) is 1.95. The predicted molar refractivity (Wildman–Crippen MR) is 82.1 cm³/mol. The van der Waals surface area contributed by atoms with E-state index in [1.165, 1.54) is 0 Å². The van der Waals surface area contributed by atoms with Crippen LogP contribution in [0.2, 0.25) is 0 Å². The highest BCUT2D eigenvalue weighted by molar-refractivity contribution is 5.35. The van der Waals surface area contributed by atoms with Gasteiger partial charge in [0.2, 0.25) is 0 Å². The van der Waals surface area contributed by atoms with Gasteiger partial charge in [-0.2, -0.15) is 5.10 Å². The molecule has 0 unspecified atom stereocenters. The standard InChI is InChI=1S/C16H19N5/c1-13-18-12-16(21(13)14-6-4-3-5-7-14)11-17-10-15-8-9-19-20(15)2/h3-9,12,17H,10-11H2,1-2H3. The van der Waals surface area contributed by atoms with Crippen molar-refractivity contribution < 1.29 is 0 Å². The highest BCUT2D eigenvalue weighted by atomic mass is 15.3. The maximum absolute atomic E-state index is 4.43. The molecule has 0 amide bonds. The number of nitrogens with zero attached hydrogens (tertiary/aromatic N) is 4. The predicted octanol–water partition coefficient (Wildman–Crippen LogP) is 2.20. The van der Waals surface area contributed by atoms with Crippen molar-refractivity contribution in [2.75, 3.05) is 0 Å². The van der Waals surface area contributed by atoms with E-state index in [2.05, 4.69) is 32.1 Å². The molecular weight excluding hydrogens is 262 g/mol. The van der Waals surface area contributed by atoms with Gasteiger partial charge in [0.05, 0.1) is 17.6 Å². The van der Waals surface area contributed by atoms with Crippen LogP contribution in [0, 0.1) is 6.92 Å². The summed E-state index contributed by atoms with van der Waals surface area (Å²) in [5.74, 6) is 0.999. The smallest absolute Gasteiger partial charge is 0.110 e. The minimum Gasteiger partial charge on any atom is -0.306 e. The highest BCUT2D eigenvalue weighted by Crippen LogP contribution is 2.14. The Morgan fingerprint density at radius 3 is 2.52 bits per heavy atom. The van der Waals surface area contributed by atoms with E-state index in [0.717, 1.165) is 36.0 Å². The van der Waals surface area contributed by atoms with Crippen molar-refractivity contribution in [2.24, 2.45) is 7.05 Å². The molecule has 0 spiro atoms. The number of aryl methyl sites for hydroxylation is 2. The van der Waals surface area contributed by atoms with Crippen molar-refractivity contribution in [2.45, 2.75) is 20.0 Å². The van der Waals surface area contributed by atoms with Crippen molar-refractivity contribution in [3.05, 3.63) is 66.0 Å². The molecule has 0 saturated heterocycles. The fraction of sp³-hybridized carbons (Fsp3) is 0.250. The summed E-state index contributed by atoms with van der Waals surface area (Å²) < 4.78 is 4.06. The minimum atomic E-state index is 0.765. The number of hydrogen-bond donors (Lipinski definition) is 1. The molecule has 0 aliphatic rings. The third kappa shape index (κ3) is 2.87. The number of para-hydroxylation sites is 1. The summed E-state index contributed by atoms with van der Waals surface area (Å²) in [5.41, 5.74) is 3.46. The van der Waals surface area contributed by atoms with E-state index in [4.69, 9.17) is 0 Å². The summed E-state index contributed by atoms with van der Waals surface area (Å²) in [5, 5.41) is 7.62. The van der Waals surface area contributed by atoms with Gasteiger partial charge in [-0.3, -0.25) is 9.25 Å². The second kappa shape index (κ2) is 5.93. The lowest BCUT2D eigenvalue weighted by Gasteiger charge is -2.11. The van der Waals surface area contributed by atoms with E-state index in [0.29, 0.717) is 0 Å². The quantitative estimate of drug-likeness (QED) is 0.780. The van der Waals surface area contributed by atoms with E-state index in [1.54, 1.807) is 0 Å². The highest BCUT2D eigenvalue weighted by Gasteiger charge is 2.08. The molecule has 21 heavy (non-hydrogen) atoms. The van der Waals surface area contributed by atoms with Crippen LogP contribution in [-0.4, -0.2) is 19.3 Å². The Labute approximate surface area is 124 Å². The van der Waals surface area contributed by atoms with Crippen LogP contribution in [0.1, 0.15) is 17.2 Å². The van der Waals surface area contributed by atoms with E-state index < -0.39 is 0 Å². The van der Waals surface area contributed by atoms with Crippen LogP contribution in [0.3, 0.4) is 0 Å². The van der Waals surface area contributed by atoms with Gasteiger partial charge in [0.1, 0.15) is 5.82 Å². The third-order valence-electron chi connectivity index (χ3n) is 3.56. The fourth-order valence-corrected chi connectivity index (χ4v) is 2.44. The zero-order valence-electron chi connectivity index (χ0n) is 12.3. The largest absolute Gasteiger partial charge is 0.306 e. The summed E-state index contributed by atoms with van der Waals surface area (Å²) in [6.45, 7) is 3.58. The first-order valence-electron chi connectivity index (χ1n) is 7.02. The number of benzene rings is 1. The second-order valence-corrected chi connectivity index (χ2v) is 5.02. The van der Waals surface area contributed by atoms with E-state index in [1.807, 2.05) is 55.3 Å². The normalized spacial score (nSPS) is 11.0. The summed E-state index contributed by atoms with van der Waals surface area (Å²) in [4.78, 5) is 4.43. The maximum atomic E-state index is 4.43. The monoisotopic (exact) mass is 281 g/mol. The topological polar surface area (TPSA) is 47.7 Å². The molecule has 2 heterocycles. The Morgan fingerprint density at radius 1 is 1.05 bits per heavy atom. The van der Waals surface area contributed by atoms with Crippen LogP contribution in [0.15, 0.2) is 48.8 Å². The van der Waals surface area contributed by atoms with Crippen molar-refractivity contribution in [1.29, 1.82) is 0 Å². The number of imidazole rings is 1. The van der Waals surface area contributed by atoms with Gasteiger partial charge in [-0.25, -0.2) is 4.98 Å². The molecule has 3 aromatic rings. The van der Waals surface area contributed by atoms with Gasteiger partial charge in [0.25, 0.3) is 0 Å². The third-order valence-corrected chi connectivity index (χ3v) is 3.56. The summed E-state index contributed by atoms with van der Waals surface area (Å²) in [6, 6.07) is 12.3. The van der Waals surface area contributed by atoms with Crippen molar-refractivity contribution in [3.63, 3.8) is 0 Å². The Kier molecular flexibility index (Phi) is 3.83. The van der Waals surface area contributed by atoms with Gasteiger partial charge < -0.3 is 5.32 Å². The summed E-state index contributed by atoms with van der Waals surface area (Å²) in [6.07, 6.45) is 3.74. The van der Waals surface area contributed by atoms with Gasteiger partial charge >= 0.3 is 0 Å². The second-order valence-electron chi connectivity index (χ2n) is 5.02. The first kappa shape index (κ1) is 13.6. The molecule has 0 radical (unpaired) electrons. The van der Waals surface area contributed by atoms with Crippen LogP contribution in [-0.2, 0) is 20.1 Å². The first-order chi connectivity index (χ1) is 10.3. The Balaban J connectivity index is 1.73. The Morgan fingerprint density at radius 2 is 1.81 bits per heavy atom. The molecule has 0 aliphatic carbocycles. The molecule has 5 nitrogen and oxygen atoms in total. The minimum absolute atomic E-state index is 0.765. The van der Waals surface area contributed by atoms with Crippen LogP contribution in [0.5, 0.6) is 0 Å². The number of aromatic nitrogens is 4. The molecule has 5 heteroatoms. The lowest BCUT2D eigenvalue weighted by Crippen LogP contribution is -2.17. The van der Waals surface area contributed by atoms with Crippen molar-refractivity contribution >= 4 is 0 Å². The van der Waals surface area contributed by atoms with E-state index in [-0.39, 0.29) is 0 Å². The molecule has 0 aliphatic heterocycles. The molecule has 1 aromatic carbocycles. The molecule has 0 saturated carbocycles. The molecular formula is C16H19N5. The van der Waals surface area contributed by atoms with E-state index >= 15 is 0 Å². The van der Waals surface area contributed by atoms with Crippen LogP contribution in [0.4, 0.5) is 0 Å². The molecule has 0 bridgehead atoms. The van der Waals surface area contributed by atoms with Gasteiger partial charge in [-0.1, -0.05) is 18.2 Å². The van der Waals surface area contributed by atoms with Gasteiger partial charge in [-0.05, 0) is 25.1 Å². The summed E-state index contributed by atoms with van der Waals surface area (Å²) >= 11 is 0.